The molecule has 1 saturated heterocycles. The molecule has 1 fully saturated rings. The first-order valence-electron chi connectivity index (χ1n) is 8.85. The van der Waals surface area contributed by atoms with Crippen molar-refractivity contribution in [3.8, 4) is 0 Å². The molecule has 0 unspecified atom stereocenters. The highest BCUT2D eigenvalue weighted by atomic mass is 79.9. The molecule has 0 bridgehead atoms. The first-order chi connectivity index (χ1) is 12.4. The van der Waals surface area contributed by atoms with Gasteiger partial charge in [-0.1, -0.05) is 18.7 Å². The van der Waals surface area contributed by atoms with E-state index >= 15 is 0 Å². The van der Waals surface area contributed by atoms with E-state index in [9.17, 15) is 5.11 Å². The summed E-state index contributed by atoms with van der Waals surface area (Å²) < 4.78 is 2.76. The topological polar surface area (TPSA) is 66.5 Å². The number of piperidine rings is 1. The normalized spacial score (nSPS) is 21.0. The number of hydrogen-bond donors (Lipinski definition) is 1. The molecule has 138 valence electrons. The molecule has 26 heavy (non-hydrogen) atoms. The highest BCUT2D eigenvalue weighted by molar-refractivity contribution is 9.10. The summed E-state index contributed by atoms with van der Waals surface area (Å²) in [5.41, 5.74) is 2.13. The Morgan fingerprint density at radius 1 is 1.35 bits per heavy atom. The maximum absolute atomic E-state index is 10.6. The van der Waals surface area contributed by atoms with Crippen LogP contribution in [0.3, 0.4) is 0 Å². The van der Waals surface area contributed by atoms with Gasteiger partial charge in [0, 0.05) is 13.1 Å². The van der Waals surface area contributed by atoms with Gasteiger partial charge in [0.15, 0.2) is 5.16 Å². The zero-order chi connectivity index (χ0) is 18.5. The molecule has 1 aliphatic heterocycles. The fourth-order valence-corrected chi connectivity index (χ4v) is 4.69. The van der Waals surface area contributed by atoms with Crippen LogP contribution in [0.4, 0.5) is 5.82 Å². The lowest BCUT2D eigenvalue weighted by atomic mass is 9.95. The summed E-state index contributed by atoms with van der Waals surface area (Å²) in [6.45, 7) is 7.44. The standard InChI is InChI=1S/C18H22BrN5OS/c1-4-26-17-20-12-9-14(19)24-13(8-11(2)22-24)15(12)16(21-17)23-7-5-6-18(3,25)10-23/h8-9,25H,4-7,10H2,1-3H3/t18-/m1/s1. The Morgan fingerprint density at radius 3 is 2.88 bits per heavy atom. The van der Waals surface area contributed by atoms with Gasteiger partial charge in [-0.05, 0) is 60.5 Å². The summed E-state index contributed by atoms with van der Waals surface area (Å²) in [5.74, 6) is 1.81. The van der Waals surface area contributed by atoms with Crippen LogP contribution in [-0.2, 0) is 0 Å². The van der Waals surface area contributed by atoms with Gasteiger partial charge in [0.05, 0.1) is 27.7 Å². The van der Waals surface area contributed by atoms with Crippen molar-refractivity contribution >= 4 is 49.9 Å². The van der Waals surface area contributed by atoms with Gasteiger partial charge in [0.25, 0.3) is 0 Å². The van der Waals surface area contributed by atoms with E-state index in [1.54, 1.807) is 11.8 Å². The van der Waals surface area contributed by atoms with Crippen LogP contribution >= 0.6 is 27.7 Å². The number of thioether (sulfide) groups is 1. The third-order valence-electron chi connectivity index (χ3n) is 4.69. The molecule has 3 aromatic rings. The van der Waals surface area contributed by atoms with Crippen LogP contribution in [-0.4, -0.2) is 49.1 Å². The second-order valence-electron chi connectivity index (χ2n) is 7.09. The van der Waals surface area contributed by atoms with Crippen LogP contribution in [0.25, 0.3) is 16.4 Å². The number of fused-ring (bicyclic) bond motifs is 3. The largest absolute Gasteiger partial charge is 0.388 e. The number of nitrogens with zero attached hydrogens (tertiary/aromatic N) is 5. The van der Waals surface area contributed by atoms with E-state index in [1.807, 2.05) is 24.4 Å². The van der Waals surface area contributed by atoms with Crippen molar-refractivity contribution in [3.63, 3.8) is 0 Å². The zero-order valence-electron chi connectivity index (χ0n) is 15.2. The Hall–Kier alpha value is -1.38. The lowest BCUT2D eigenvalue weighted by molar-refractivity contribution is 0.0447. The van der Waals surface area contributed by atoms with E-state index in [0.29, 0.717) is 6.54 Å². The van der Waals surface area contributed by atoms with Crippen LogP contribution in [0.1, 0.15) is 32.4 Å². The SMILES string of the molecule is CCSc1nc(N2CCC[C@@](C)(O)C2)c2c(cc(Br)n3nc(C)cc23)n1. The highest BCUT2D eigenvalue weighted by Crippen LogP contribution is 2.35. The number of β-amino-alcohol motifs (C(OH)–C–C–N with tert-alkyl or cyclic N) is 1. The number of anilines is 1. The van der Waals surface area contributed by atoms with Gasteiger partial charge in [0.1, 0.15) is 10.4 Å². The number of rotatable bonds is 3. The lowest BCUT2D eigenvalue weighted by Gasteiger charge is -2.38. The summed E-state index contributed by atoms with van der Waals surface area (Å²) >= 11 is 5.25. The van der Waals surface area contributed by atoms with Crippen molar-refractivity contribution in [1.29, 1.82) is 0 Å². The molecular formula is C18H22BrN5OS. The highest BCUT2D eigenvalue weighted by Gasteiger charge is 2.31. The summed E-state index contributed by atoms with van der Waals surface area (Å²) in [7, 11) is 0. The smallest absolute Gasteiger partial charge is 0.190 e. The van der Waals surface area contributed by atoms with Crippen molar-refractivity contribution in [3.05, 3.63) is 22.4 Å². The Labute approximate surface area is 165 Å². The van der Waals surface area contributed by atoms with Gasteiger partial charge in [-0.15, -0.1) is 0 Å². The van der Waals surface area contributed by atoms with Crippen molar-refractivity contribution in [2.75, 3.05) is 23.7 Å². The number of hydrogen-bond acceptors (Lipinski definition) is 6. The van der Waals surface area contributed by atoms with E-state index in [0.717, 1.165) is 62.8 Å². The Balaban J connectivity index is 2.00. The third kappa shape index (κ3) is 3.18. The van der Waals surface area contributed by atoms with Crippen molar-refractivity contribution < 1.29 is 5.11 Å². The van der Waals surface area contributed by atoms with Crippen LogP contribution < -0.4 is 4.90 Å². The summed E-state index contributed by atoms with van der Waals surface area (Å²) in [4.78, 5) is 11.8. The van der Waals surface area contributed by atoms with E-state index in [4.69, 9.17) is 9.97 Å². The number of halogens is 1. The van der Waals surface area contributed by atoms with Crippen LogP contribution in [0.2, 0.25) is 0 Å². The molecule has 0 saturated carbocycles. The van der Waals surface area contributed by atoms with Gasteiger partial charge in [-0.3, -0.25) is 0 Å². The van der Waals surface area contributed by atoms with E-state index in [-0.39, 0.29) is 0 Å². The monoisotopic (exact) mass is 435 g/mol. The predicted octanol–water partition coefficient (Wildman–Crippen LogP) is 3.81. The molecule has 1 atom stereocenters. The van der Waals surface area contributed by atoms with Gasteiger partial charge in [0.2, 0.25) is 0 Å². The second kappa shape index (κ2) is 6.65. The molecule has 6 nitrogen and oxygen atoms in total. The summed E-state index contributed by atoms with van der Waals surface area (Å²) in [5, 5.41) is 16.9. The fraction of sp³-hybridized carbons (Fsp3) is 0.500. The molecule has 1 aliphatic rings. The average Bonchev–Trinajstić information content (AvgIpc) is 2.96. The quantitative estimate of drug-likeness (QED) is 0.383. The number of aromatic nitrogens is 4. The fourth-order valence-electron chi connectivity index (χ4n) is 3.63. The molecule has 4 heterocycles. The number of aliphatic hydroxyl groups is 1. The summed E-state index contributed by atoms with van der Waals surface area (Å²) in [6, 6.07) is 4.07. The van der Waals surface area contributed by atoms with Crippen LogP contribution in [0, 0.1) is 6.92 Å². The maximum atomic E-state index is 10.6. The lowest BCUT2D eigenvalue weighted by Crippen LogP contribution is -2.46. The molecule has 0 amide bonds. The Kier molecular flexibility index (Phi) is 4.61. The number of pyridine rings is 1. The molecule has 0 radical (unpaired) electrons. The molecule has 1 N–H and O–H groups in total. The van der Waals surface area contributed by atoms with Crippen molar-refractivity contribution in [2.45, 2.75) is 44.4 Å². The van der Waals surface area contributed by atoms with Crippen LogP contribution in [0.15, 0.2) is 21.9 Å². The first kappa shape index (κ1) is 18.0. The Bertz CT molecular complexity index is 987. The van der Waals surface area contributed by atoms with Gasteiger partial charge < -0.3 is 10.0 Å². The van der Waals surface area contributed by atoms with E-state index < -0.39 is 5.60 Å². The first-order valence-corrected chi connectivity index (χ1v) is 10.6. The second-order valence-corrected chi connectivity index (χ2v) is 9.14. The van der Waals surface area contributed by atoms with Gasteiger partial charge in [-0.25, -0.2) is 14.5 Å². The van der Waals surface area contributed by atoms with Gasteiger partial charge >= 0.3 is 0 Å². The molecule has 0 aromatic carbocycles. The van der Waals surface area contributed by atoms with Gasteiger partial charge in [-0.2, -0.15) is 5.10 Å². The molecule has 0 spiro atoms. The summed E-state index contributed by atoms with van der Waals surface area (Å²) in [6.07, 6.45) is 1.76. The maximum Gasteiger partial charge on any atom is 0.190 e. The molecule has 8 heteroatoms. The van der Waals surface area contributed by atoms with E-state index in [2.05, 4.69) is 38.9 Å². The van der Waals surface area contributed by atoms with Crippen molar-refractivity contribution in [1.82, 2.24) is 19.6 Å². The third-order valence-corrected chi connectivity index (χ3v) is 5.99. The zero-order valence-corrected chi connectivity index (χ0v) is 17.6. The van der Waals surface area contributed by atoms with Crippen molar-refractivity contribution in [2.24, 2.45) is 0 Å². The predicted molar refractivity (Wildman–Crippen MR) is 109 cm³/mol. The Morgan fingerprint density at radius 2 is 2.15 bits per heavy atom. The van der Waals surface area contributed by atoms with E-state index in [1.165, 1.54) is 0 Å². The minimum atomic E-state index is -0.699. The van der Waals surface area contributed by atoms with Crippen LogP contribution in [0.5, 0.6) is 0 Å². The minimum Gasteiger partial charge on any atom is -0.388 e. The molecule has 4 rings (SSSR count). The molecular weight excluding hydrogens is 414 g/mol. The minimum absolute atomic E-state index is 0.574. The number of aryl methyl sites for hydroxylation is 1. The molecule has 3 aromatic heterocycles. The average molecular weight is 436 g/mol. The molecule has 0 aliphatic carbocycles.